The van der Waals surface area contributed by atoms with Gasteiger partial charge in [-0.15, -0.1) is 0 Å². The Bertz CT molecular complexity index is 708. The standard InChI is InChI=1S/C40H72O4/c1-3-5-7-9-11-13-14-15-16-17-18-19-20-21-22-23-25-27-33-37-40(43)44-38(35-31-28-29-32-36-39(41)42)34-30-26-24-12-10-8-6-4-2/h11,13,15-16,30,34,38H,3-10,12,14,17-29,31-33,35-37H2,1-2H3,(H,41,42)/b13-11-,16-15-,34-30-. The molecule has 0 aromatic rings. The lowest BCUT2D eigenvalue weighted by Gasteiger charge is -2.15. The molecule has 0 fully saturated rings. The minimum absolute atomic E-state index is 0.0675. The Kier molecular flexibility index (Phi) is 34.1. The molecule has 0 saturated carbocycles. The first-order valence-corrected chi connectivity index (χ1v) is 19.0. The summed E-state index contributed by atoms with van der Waals surface area (Å²) in [5.74, 6) is -0.789. The Morgan fingerprint density at radius 1 is 0.523 bits per heavy atom. The highest BCUT2D eigenvalue weighted by molar-refractivity contribution is 5.69. The summed E-state index contributed by atoms with van der Waals surface area (Å²) in [5, 5.41) is 8.81. The van der Waals surface area contributed by atoms with Crippen LogP contribution in [0.3, 0.4) is 0 Å². The van der Waals surface area contributed by atoms with Crippen molar-refractivity contribution in [3.05, 3.63) is 36.5 Å². The third-order valence-corrected chi connectivity index (χ3v) is 8.32. The molecule has 1 atom stereocenters. The smallest absolute Gasteiger partial charge is 0.306 e. The molecule has 44 heavy (non-hydrogen) atoms. The minimum Gasteiger partial charge on any atom is -0.481 e. The van der Waals surface area contributed by atoms with E-state index in [1.807, 2.05) is 0 Å². The van der Waals surface area contributed by atoms with Crippen molar-refractivity contribution in [3.63, 3.8) is 0 Å². The van der Waals surface area contributed by atoms with Crippen LogP contribution >= 0.6 is 0 Å². The van der Waals surface area contributed by atoms with Gasteiger partial charge in [0.25, 0.3) is 0 Å². The molecule has 0 aliphatic rings. The zero-order valence-electron chi connectivity index (χ0n) is 29.2. The third kappa shape index (κ3) is 34.6. The van der Waals surface area contributed by atoms with E-state index in [0.29, 0.717) is 6.42 Å². The number of hydrogen-bond donors (Lipinski definition) is 1. The van der Waals surface area contributed by atoms with Crippen molar-refractivity contribution < 1.29 is 19.4 Å². The van der Waals surface area contributed by atoms with Gasteiger partial charge in [0.05, 0.1) is 0 Å². The van der Waals surface area contributed by atoms with Gasteiger partial charge in [-0.1, -0.05) is 147 Å². The molecule has 0 spiro atoms. The van der Waals surface area contributed by atoms with Crippen molar-refractivity contribution in [2.45, 2.75) is 206 Å². The maximum atomic E-state index is 12.6. The lowest BCUT2D eigenvalue weighted by molar-refractivity contribution is -0.147. The van der Waals surface area contributed by atoms with E-state index in [4.69, 9.17) is 9.84 Å². The normalized spacial score (nSPS) is 12.6. The van der Waals surface area contributed by atoms with Crippen molar-refractivity contribution in [1.82, 2.24) is 0 Å². The average molecular weight is 617 g/mol. The first-order valence-electron chi connectivity index (χ1n) is 19.0. The molecule has 0 aliphatic heterocycles. The Hall–Kier alpha value is -1.84. The number of hydrogen-bond acceptors (Lipinski definition) is 3. The van der Waals surface area contributed by atoms with Gasteiger partial charge in [0.1, 0.15) is 6.10 Å². The van der Waals surface area contributed by atoms with E-state index in [9.17, 15) is 9.59 Å². The molecule has 1 unspecified atom stereocenters. The van der Waals surface area contributed by atoms with Crippen molar-refractivity contribution in [2.24, 2.45) is 0 Å². The summed E-state index contributed by atoms with van der Waals surface area (Å²) in [6, 6.07) is 0. The molecule has 0 bridgehead atoms. The number of carbonyl (C=O) groups is 2. The highest BCUT2D eigenvalue weighted by Gasteiger charge is 2.11. The number of esters is 1. The summed E-state index contributed by atoms with van der Waals surface area (Å²) >= 11 is 0. The van der Waals surface area contributed by atoms with Crippen LogP contribution in [-0.2, 0) is 14.3 Å². The minimum atomic E-state index is -0.722. The van der Waals surface area contributed by atoms with Gasteiger partial charge in [-0.2, -0.15) is 0 Å². The number of unbranched alkanes of at least 4 members (excludes halogenated alkanes) is 21. The number of carboxylic acids is 1. The molecule has 0 amide bonds. The first kappa shape index (κ1) is 42.2. The van der Waals surface area contributed by atoms with Gasteiger partial charge in [-0.3, -0.25) is 9.59 Å². The molecule has 0 radical (unpaired) electrons. The second-order valence-electron chi connectivity index (χ2n) is 12.8. The molecule has 1 N–H and O–H groups in total. The average Bonchev–Trinajstić information content (AvgIpc) is 3.01. The Morgan fingerprint density at radius 3 is 1.52 bits per heavy atom. The largest absolute Gasteiger partial charge is 0.481 e. The Morgan fingerprint density at radius 2 is 0.955 bits per heavy atom. The van der Waals surface area contributed by atoms with E-state index < -0.39 is 5.97 Å². The Labute approximate surface area is 273 Å². The topological polar surface area (TPSA) is 63.6 Å². The number of rotatable bonds is 34. The van der Waals surface area contributed by atoms with Gasteiger partial charge in [0.2, 0.25) is 0 Å². The maximum absolute atomic E-state index is 12.6. The molecule has 4 nitrogen and oxygen atoms in total. The fourth-order valence-electron chi connectivity index (χ4n) is 5.48. The van der Waals surface area contributed by atoms with Crippen LogP contribution < -0.4 is 0 Å². The van der Waals surface area contributed by atoms with Crippen molar-refractivity contribution in [3.8, 4) is 0 Å². The fraction of sp³-hybridized carbons (Fsp3) is 0.800. The highest BCUT2D eigenvalue weighted by atomic mass is 16.5. The van der Waals surface area contributed by atoms with Crippen LogP contribution in [0, 0.1) is 0 Å². The van der Waals surface area contributed by atoms with Gasteiger partial charge in [-0.25, -0.2) is 0 Å². The molecule has 0 heterocycles. The van der Waals surface area contributed by atoms with Crippen LogP contribution in [0.5, 0.6) is 0 Å². The summed E-state index contributed by atoms with van der Waals surface area (Å²) in [6.45, 7) is 4.50. The molecule has 0 saturated heterocycles. The van der Waals surface area contributed by atoms with Crippen LogP contribution in [0.25, 0.3) is 0 Å². The van der Waals surface area contributed by atoms with E-state index >= 15 is 0 Å². The van der Waals surface area contributed by atoms with E-state index in [1.54, 1.807) is 0 Å². The summed E-state index contributed by atoms with van der Waals surface area (Å²) in [6.07, 6.45) is 46.0. The van der Waals surface area contributed by atoms with E-state index in [1.165, 1.54) is 116 Å². The molecule has 256 valence electrons. The number of allylic oxidation sites excluding steroid dienone is 5. The quantitative estimate of drug-likeness (QED) is 0.0444. The van der Waals surface area contributed by atoms with E-state index in [0.717, 1.165) is 57.8 Å². The predicted molar refractivity (Wildman–Crippen MR) is 190 cm³/mol. The number of carbonyl (C=O) groups excluding carboxylic acids is 1. The molecule has 0 aliphatic carbocycles. The van der Waals surface area contributed by atoms with Crippen molar-refractivity contribution in [1.29, 1.82) is 0 Å². The van der Waals surface area contributed by atoms with Crippen LogP contribution in [0.4, 0.5) is 0 Å². The first-order chi connectivity index (χ1) is 21.6. The lowest BCUT2D eigenvalue weighted by Crippen LogP contribution is -2.16. The van der Waals surface area contributed by atoms with Gasteiger partial charge in [0, 0.05) is 12.8 Å². The Balaban J connectivity index is 3.92. The van der Waals surface area contributed by atoms with Gasteiger partial charge >= 0.3 is 11.9 Å². The molecular formula is C40H72O4. The maximum Gasteiger partial charge on any atom is 0.306 e. The van der Waals surface area contributed by atoms with Gasteiger partial charge in [0.15, 0.2) is 0 Å². The second-order valence-corrected chi connectivity index (χ2v) is 12.8. The molecule has 0 aromatic heterocycles. The summed E-state index contributed by atoms with van der Waals surface area (Å²) in [4.78, 5) is 23.3. The SMILES string of the molecule is CCCCC/C=C\C/C=C\CCCCCCCCCCCC(=O)OC(/C=C\CCCCCCCC)CCCCCCC(=O)O. The highest BCUT2D eigenvalue weighted by Crippen LogP contribution is 2.16. The fourth-order valence-corrected chi connectivity index (χ4v) is 5.48. The molecule has 4 heteroatoms. The molecule has 0 aromatic carbocycles. The molecule has 0 rings (SSSR count). The number of ether oxygens (including phenoxy) is 1. The molecular weight excluding hydrogens is 544 g/mol. The van der Waals surface area contributed by atoms with Gasteiger partial charge in [-0.05, 0) is 76.7 Å². The van der Waals surface area contributed by atoms with E-state index in [-0.39, 0.29) is 18.5 Å². The zero-order valence-corrected chi connectivity index (χ0v) is 29.2. The number of carboxylic acid groups (broad SMARTS) is 1. The van der Waals surface area contributed by atoms with Crippen LogP contribution in [0.1, 0.15) is 200 Å². The monoisotopic (exact) mass is 617 g/mol. The number of aliphatic carboxylic acids is 1. The van der Waals surface area contributed by atoms with Crippen LogP contribution in [0.15, 0.2) is 36.5 Å². The summed E-state index contributed by atoms with van der Waals surface area (Å²) in [7, 11) is 0. The second kappa shape index (κ2) is 35.6. The summed E-state index contributed by atoms with van der Waals surface area (Å²) < 4.78 is 5.86. The zero-order chi connectivity index (χ0) is 32.2. The van der Waals surface area contributed by atoms with E-state index in [2.05, 4.69) is 50.3 Å². The summed E-state index contributed by atoms with van der Waals surface area (Å²) in [5.41, 5.74) is 0. The van der Waals surface area contributed by atoms with Crippen molar-refractivity contribution in [2.75, 3.05) is 0 Å². The van der Waals surface area contributed by atoms with Gasteiger partial charge < -0.3 is 9.84 Å². The van der Waals surface area contributed by atoms with Crippen LogP contribution in [0.2, 0.25) is 0 Å². The van der Waals surface area contributed by atoms with Crippen molar-refractivity contribution >= 4 is 11.9 Å². The predicted octanol–water partition coefficient (Wildman–Crippen LogP) is 13.0. The lowest BCUT2D eigenvalue weighted by atomic mass is 10.1. The van der Waals surface area contributed by atoms with Crippen LogP contribution in [-0.4, -0.2) is 23.1 Å². The third-order valence-electron chi connectivity index (χ3n) is 8.32.